The largest absolute Gasteiger partial charge is 0.426 e. The van der Waals surface area contributed by atoms with Crippen LogP contribution in [0.4, 0.5) is 11.4 Å². The zero-order chi connectivity index (χ0) is 25.6. The molecule has 4 aliphatic carbocycles. The van der Waals surface area contributed by atoms with Gasteiger partial charge in [-0.15, -0.1) is 0 Å². The van der Waals surface area contributed by atoms with Crippen molar-refractivity contribution in [2.45, 2.75) is 19.8 Å². The minimum atomic E-state index is -0.637. The van der Waals surface area contributed by atoms with E-state index >= 15 is 0 Å². The SMILES string of the molecule is Cc1ccc(N2C[C@H](C(=O)Oc3cccc(N4C(=O)[C@@H]5[C@H]6C=C[C@@H]([C@@H]7C[C@H]67)[C@@H]5C4=O)c3)CC2=O)cc1Cl. The highest BCUT2D eigenvalue weighted by Crippen LogP contribution is 2.65. The fourth-order valence-corrected chi connectivity index (χ4v) is 7.14. The van der Waals surface area contributed by atoms with Crippen LogP contribution in [-0.4, -0.2) is 30.2 Å². The Balaban J connectivity index is 1.07. The number of halogens is 1. The number of nitrogens with zero attached hydrogens (tertiary/aromatic N) is 2. The van der Waals surface area contributed by atoms with Gasteiger partial charge in [-0.05, 0) is 66.8 Å². The van der Waals surface area contributed by atoms with E-state index in [0.717, 1.165) is 12.0 Å². The molecule has 2 saturated carbocycles. The molecule has 6 aliphatic rings. The third kappa shape index (κ3) is 3.40. The summed E-state index contributed by atoms with van der Waals surface area (Å²) in [5, 5.41) is 0.555. The van der Waals surface area contributed by atoms with Gasteiger partial charge in [0.2, 0.25) is 17.7 Å². The van der Waals surface area contributed by atoms with E-state index in [1.54, 1.807) is 35.2 Å². The molecule has 2 heterocycles. The van der Waals surface area contributed by atoms with E-state index in [0.29, 0.717) is 28.2 Å². The van der Waals surface area contributed by atoms with Gasteiger partial charge >= 0.3 is 5.97 Å². The number of carbonyl (C=O) groups is 4. The van der Waals surface area contributed by atoms with Crippen molar-refractivity contribution >= 4 is 46.7 Å². The van der Waals surface area contributed by atoms with Gasteiger partial charge in [-0.2, -0.15) is 0 Å². The van der Waals surface area contributed by atoms with Crippen LogP contribution in [0.1, 0.15) is 18.4 Å². The van der Waals surface area contributed by atoms with E-state index in [1.807, 2.05) is 19.1 Å². The second-order valence-electron chi connectivity index (χ2n) is 10.9. The lowest BCUT2D eigenvalue weighted by molar-refractivity contribution is -0.139. The fourth-order valence-electron chi connectivity index (χ4n) is 6.96. The maximum Gasteiger partial charge on any atom is 0.316 e. The summed E-state index contributed by atoms with van der Waals surface area (Å²) in [6, 6.07) is 11.9. The smallest absolute Gasteiger partial charge is 0.316 e. The first-order valence-corrected chi connectivity index (χ1v) is 13.1. The van der Waals surface area contributed by atoms with Crippen molar-refractivity contribution in [2.24, 2.45) is 41.4 Å². The number of esters is 1. The van der Waals surface area contributed by atoms with Crippen LogP contribution in [0.25, 0.3) is 0 Å². The molecular formula is C29H25ClN2O5. The Morgan fingerprint density at radius 1 is 0.946 bits per heavy atom. The molecule has 2 aromatic carbocycles. The quantitative estimate of drug-likeness (QED) is 0.264. The molecule has 0 spiro atoms. The van der Waals surface area contributed by atoms with Crippen molar-refractivity contribution in [1.82, 2.24) is 0 Å². The topological polar surface area (TPSA) is 84.0 Å². The third-order valence-electron chi connectivity index (χ3n) is 8.88. The van der Waals surface area contributed by atoms with Gasteiger partial charge in [-0.25, -0.2) is 4.90 Å². The molecule has 7 atom stereocenters. The number of allylic oxidation sites excluding steroid dienone is 2. The Kier molecular flexibility index (Phi) is 4.93. The fraction of sp³-hybridized carbons (Fsp3) is 0.379. The summed E-state index contributed by atoms with van der Waals surface area (Å²) in [6.07, 6.45) is 5.43. The lowest BCUT2D eigenvalue weighted by atomic mass is 9.63. The number of rotatable bonds is 4. The number of hydrogen-bond donors (Lipinski definition) is 0. The predicted octanol–water partition coefficient (Wildman–Crippen LogP) is 4.16. The Labute approximate surface area is 219 Å². The molecule has 0 unspecified atom stereocenters. The van der Waals surface area contributed by atoms with Crippen molar-refractivity contribution in [3.63, 3.8) is 0 Å². The van der Waals surface area contributed by atoms with Crippen molar-refractivity contribution in [3.05, 3.63) is 65.2 Å². The number of anilines is 2. The van der Waals surface area contributed by atoms with Crippen LogP contribution in [0.3, 0.4) is 0 Å². The summed E-state index contributed by atoms with van der Waals surface area (Å²) in [5.41, 5.74) is 1.97. The average molecular weight is 517 g/mol. The molecule has 37 heavy (non-hydrogen) atoms. The Bertz CT molecular complexity index is 1380. The number of hydrogen-bond acceptors (Lipinski definition) is 5. The summed E-state index contributed by atoms with van der Waals surface area (Å²) < 4.78 is 5.64. The van der Waals surface area contributed by atoms with Gasteiger partial charge < -0.3 is 9.64 Å². The number of carbonyl (C=O) groups excluding carboxylic acids is 4. The van der Waals surface area contributed by atoms with Crippen LogP contribution < -0.4 is 14.5 Å². The molecule has 0 aromatic heterocycles. The molecule has 2 saturated heterocycles. The average Bonchev–Trinajstić information content (AvgIpc) is 3.56. The number of ether oxygens (including phenoxy) is 1. The van der Waals surface area contributed by atoms with Gasteiger partial charge in [-0.3, -0.25) is 19.2 Å². The second kappa shape index (κ2) is 8.02. The zero-order valence-electron chi connectivity index (χ0n) is 20.2. The molecule has 0 N–H and O–H groups in total. The Morgan fingerprint density at radius 3 is 2.32 bits per heavy atom. The van der Waals surface area contributed by atoms with Crippen LogP contribution >= 0.6 is 11.6 Å². The highest BCUT2D eigenvalue weighted by atomic mass is 35.5. The molecule has 2 aromatic rings. The predicted molar refractivity (Wildman–Crippen MR) is 136 cm³/mol. The molecule has 188 valence electrons. The van der Waals surface area contributed by atoms with E-state index in [4.69, 9.17) is 16.3 Å². The molecule has 8 rings (SSSR count). The minimum absolute atomic E-state index is 0.0363. The summed E-state index contributed by atoms with van der Waals surface area (Å²) in [4.78, 5) is 55.3. The molecule has 8 heteroatoms. The van der Waals surface area contributed by atoms with Crippen molar-refractivity contribution in [1.29, 1.82) is 0 Å². The van der Waals surface area contributed by atoms with Gasteiger partial charge in [-0.1, -0.05) is 35.9 Å². The van der Waals surface area contributed by atoms with E-state index in [9.17, 15) is 19.2 Å². The molecule has 0 radical (unpaired) electrons. The minimum Gasteiger partial charge on any atom is -0.426 e. The van der Waals surface area contributed by atoms with Gasteiger partial charge in [0, 0.05) is 29.7 Å². The van der Waals surface area contributed by atoms with Gasteiger partial charge in [0.25, 0.3) is 0 Å². The van der Waals surface area contributed by atoms with E-state index < -0.39 is 11.9 Å². The monoisotopic (exact) mass is 516 g/mol. The maximum atomic E-state index is 13.4. The first kappa shape index (κ1) is 22.7. The van der Waals surface area contributed by atoms with Crippen molar-refractivity contribution < 1.29 is 23.9 Å². The Hall–Kier alpha value is -3.45. The standard InChI is InChI=1S/C29H25ClN2O5/c1-14-5-6-16(11-23(14)30)31-13-15(9-24(31)33)29(36)37-18-4-2-3-17(10-18)32-27(34)25-19-7-8-20(22-12-21(19)22)26(25)28(32)35/h2-8,10-11,15,19-22,25-26H,9,12-13H2,1H3/t15-,19+,20+,21-,22+,25-,26+/m1/s1. The van der Waals surface area contributed by atoms with E-state index in [2.05, 4.69) is 12.2 Å². The van der Waals surface area contributed by atoms with Crippen molar-refractivity contribution in [2.75, 3.05) is 16.3 Å². The summed E-state index contributed by atoms with van der Waals surface area (Å²) >= 11 is 6.22. The van der Waals surface area contributed by atoms with Gasteiger partial charge in [0.1, 0.15) is 5.75 Å². The normalized spacial score (nSPS) is 33.1. The van der Waals surface area contributed by atoms with Crippen LogP contribution in [0.2, 0.25) is 5.02 Å². The lowest BCUT2D eigenvalue weighted by Gasteiger charge is -2.37. The maximum absolute atomic E-state index is 13.4. The van der Waals surface area contributed by atoms with E-state index in [-0.39, 0.29) is 60.1 Å². The highest BCUT2D eigenvalue weighted by molar-refractivity contribution is 6.31. The van der Waals surface area contributed by atoms with E-state index in [1.165, 1.54) is 4.90 Å². The molecule has 2 aliphatic heterocycles. The first-order valence-electron chi connectivity index (χ1n) is 12.8. The molecule has 3 amide bonds. The van der Waals surface area contributed by atoms with Gasteiger partial charge in [0.05, 0.1) is 23.4 Å². The summed E-state index contributed by atoms with van der Waals surface area (Å²) in [5.74, 6) is -0.625. The number of imide groups is 1. The van der Waals surface area contributed by atoms with Crippen LogP contribution in [0.5, 0.6) is 5.75 Å². The summed E-state index contributed by atoms with van der Waals surface area (Å²) in [7, 11) is 0. The Morgan fingerprint density at radius 2 is 1.65 bits per heavy atom. The zero-order valence-corrected chi connectivity index (χ0v) is 20.9. The van der Waals surface area contributed by atoms with Crippen LogP contribution in [0.15, 0.2) is 54.6 Å². The lowest BCUT2D eigenvalue weighted by Crippen LogP contribution is -2.40. The molecule has 4 fully saturated rings. The number of benzene rings is 2. The second-order valence-corrected chi connectivity index (χ2v) is 11.3. The first-order chi connectivity index (χ1) is 17.8. The number of amides is 3. The van der Waals surface area contributed by atoms with Crippen molar-refractivity contribution in [3.8, 4) is 5.75 Å². The van der Waals surface area contributed by atoms with Crippen LogP contribution in [0, 0.1) is 48.3 Å². The molecular weight excluding hydrogens is 492 g/mol. The van der Waals surface area contributed by atoms with Crippen LogP contribution in [-0.2, 0) is 19.2 Å². The summed E-state index contributed by atoms with van der Waals surface area (Å²) in [6.45, 7) is 2.08. The molecule has 7 nitrogen and oxygen atoms in total. The highest BCUT2D eigenvalue weighted by Gasteiger charge is 2.67. The molecule has 2 bridgehead atoms. The number of aryl methyl sites for hydroxylation is 1. The third-order valence-corrected chi connectivity index (χ3v) is 9.29. The van der Waals surface area contributed by atoms with Gasteiger partial charge in [0.15, 0.2) is 0 Å².